The number of alkyl halides is 13. The standard InChI is InChI=1S/C15H12F13NOS/c1-2-9(30)29-5-8(7-3-4-31-6-7)10(16,17)11(18,19)12(20,21)13(22,23)14(24,25)15(26,27)28/h3-4,6,8H,2,5H2,1H3,(H,29,30). The first-order valence-electron chi connectivity index (χ1n) is 7.94. The van der Waals surface area contributed by atoms with E-state index in [9.17, 15) is 61.9 Å². The molecule has 1 amide bonds. The van der Waals surface area contributed by atoms with Gasteiger partial charge in [0, 0.05) is 13.0 Å². The topological polar surface area (TPSA) is 29.1 Å². The average molecular weight is 501 g/mol. The molecule has 1 heterocycles. The molecule has 0 radical (unpaired) electrons. The van der Waals surface area contributed by atoms with Crippen molar-refractivity contribution in [1.29, 1.82) is 0 Å². The van der Waals surface area contributed by atoms with Gasteiger partial charge in [-0.2, -0.15) is 68.4 Å². The van der Waals surface area contributed by atoms with Gasteiger partial charge in [-0.15, -0.1) is 0 Å². The first-order valence-corrected chi connectivity index (χ1v) is 8.89. The third kappa shape index (κ3) is 4.31. The van der Waals surface area contributed by atoms with Crippen LogP contribution in [0.15, 0.2) is 16.8 Å². The van der Waals surface area contributed by atoms with Crippen LogP contribution in [0.4, 0.5) is 57.1 Å². The highest BCUT2D eigenvalue weighted by molar-refractivity contribution is 7.08. The Balaban J connectivity index is 3.55. The summed E-state index contributed by atoms with van der Waals surface area (Å²) in [4.78, 5) is 11.2. The number of carbonyl (C=O) groups is 1. The summed E-state index contributed by atoms with van der Waals surface area (Å²) < 4.78 is 173. The Bertz CT molecular complexity index is 757. The lowest BCUT2D eigenvalue weighted by Gasteiger charge is -2.41. The summed E-state index contributed by atoms with van der Waals surface area (Å²) in [5.74, 6) is -41.6. The van der Waals surface area contributed by atoms with Crippen LogP contribution in [-0.2, 0) is 4.79 Å². The van der Waals surface area contributed by atoms with Gasteiger partial charge in [0.2, 0.25) is 5.91 Å². The maximum atomic E-state index is 14.5. The van der Waals surface area contributed by atoms with Gasteiger partial charge >= 0.3 is 35.8 Å². The van der Waals surface area contributed by atoms with E-state index in [1.807, 2.05) is 0 Å². The summed E-state index contributed by atoms with van der Waals surface area (Å²) >= 11 is 0.560. The second-order valence-electron chi connectivity index (χ2n) is 6.19. The van der Waals surface area contributed by atoms with Gasteiger partial charge in [0.1, 0.15) is 0 Å². The highest BCUT2D eigenvalue weighted by Gasteiger charge is 2.91. The van der Waals surface area contributed by atoms with E-state index in [0.717, 1.165) is 5.38 Å². The van der Waals surface area contributed by atoms with Crippen molar-refractivity contribution < 1.29 is 61.9 Å². The molecule has 180 valence electrons. The molecule has 31 heavy (non-hydrogen) atoms. The molecule has 16 heteroatoms. The first-order chi connectivity index (χ1) is 13.7. The number of carbonyl (C=O) groups excluding carboxylic acids is 1. The molecule has 0 saturated carbocycles. The zero-order valence-corrected chi connectivity index (χ0v) is 15.8. The van der Waals surface area contributed by atoms with Crippen molar-refractivity contribution in [3.8, 4) is 0 Å². The lowest BCUT2D eigenvalue weighted by molar-refractivity contribution is -0.441. The minimum absolute atomic E-state index is 0.398. The zero-order chi connectivity index (χ0) is 24.7. The van der Waals surface area contributed by atoms with E-state index in [2.05, 4.69) is 0 Å². The van der Waals surface area contributed by atoms with E-state index < -0.39 is 66.1 Å². The molecule has 1 N–H and O–H groups in total. The SMILES string of the molecule is CCC(=O)NCC(c1ccsc1)C(F)(F)C(F)(F)C(F)(F)C(F)(F)C(F)(F)C(F)(F)F. The van der Waals surface area contributed by atoms with Gasteiger partial charge in [0.25, 0.3) is 0 Å². The molecule has 1 rings (SSSR count). The third-order valence-electron chi connectivity index (χ3n) is 4.17. The molecule has 0 aliphatic rings. The van der Waals surface area contributed by atoms with Crippen molar-refractivity contribution in [2.45, 2.75) is 55.1 Å². The van der Waals surface area contributed by atoms with Crippen molar-refractivity contribution >= 4 is 17.2 Å². The van der Waals surface area contributed by atoms with E-state index >= 15 is 0 Å². The number of hydrogen-bond donors (Lipinski definition) is 1. The van der Waals surface area contributed by atoms with Gasteiger partial charge in [-0.3, -0.25) is 4.79 Å². The number of nitrogens with one attached hydrogen (secondary N) is 1. The van der Waals surface area contributed by atoms with Gasteiger partial charge in [-0.05, 0) is 22.4 Å². The largest absolute Gasteiger partial charge is 0.460 e. The van der Waals surface area contributed by atoms with E-state index in [1.165, 1.54) is 6.92 Å². The minimum Gasteiger partial charge on any atom is -0.355 e. The van der Waals surface area contributed by atoms with Crippen molar-refractivity contribution in [3.63, 3.8) is 0 Å². The van der Waals surface area contributed by atoms with Crippen molar-refractivity contribution in [3.05, 3.63) is 22.4 Å². The van der Waals surface area contributed by atoms with Crippen LogP contribution in [0.1, 0.15) is 24.8 Å². The summed E-state index contributed by atoms with van der Waals surface area (Å²) in [6.07, 6.45) is -7.86. The lowest BCUT2D eigenvalue weighted by Crippen LogP contribution is -2.71. The number of thiophene rings is 1. The molecule has 2 nitrogen and oxygen atoms in total. The summed E-state index contributed by atoms with van der Waals surface area (Å²) in [6, 6.07) is 0.665. The van der Waals surface area contributed by atoms with Gasteiger partial charge in [0.05, 0.1) is 5.92 Å². The minimum atomic E-state index is -7.96. The molecule has 0 aliphatic heterocycles. The number of halogens is 13. The summed E-state index contributed by atoms with van der Waals surface area (Å²) in [5.41, 5.74) is -0.882. The van der Waals surface area contributed by atoms with Gasteiger partial charge < -0.3 is 5.32 Å². The van der Waals surface area contributed by atoms with Crippen LogP contribution in [0, 0.1) is 0 Å². The number of hydrogen-bond acceptors (Lipinski definition) is 2. The molecule has 1 atom stereocenters. The van der Waals surface area contributed by atoms with Crippen LogP contribution in [0.5, 0.6) is 0 Å². The number of amides is 1. The number of rotatable bonds is 9. The summed E-state index contributed by atoms with van der Waals surface area (Å²) in [7, 11) is 0. The van der Waals surface area contributed by atoms with E-state index in [0.29, 0.717) is 22.8 Å². The Morgan fingerprint density at radius 2 is 1.35 bits per heavy atom. The molecular formula is C15H12F13NOS. The van der Waals surface area contributed by atoms with Crippen LogP contribution < -0.4 is 5.32 Å². The molecule has 1 aromatic rings. The lowest BCUT2D eigenvalue weighted by atomic mass is 9.84. The van der Waals surface area contributed by atoms with Gasteiger partial charge in [-0.25, -0.2) is 0 Å². The monoisotopic (exact) mass is 501 g/mol. The fourth-order valence-electron chi connectivity index (χ4n) is 2.27. The Labute approximate surface area is 169 Å². The second kappa shape index (κ2) is 8.31. The molecule has 0 spiro atoms. The average Bonchev–Trinajstić information content (AvgIpc) is 3.13. The Morgan fingerprint density at radius 1 is 0.871 bits per heavy atom. The Morgan fingerprint density at radius 3 is 1.74 bits per heavy atom. The highest BCUT2D eigenvalue weighted by Crippen LogP contribution is 2.62. The normalized spacial score (nSPS) is 15.7. The molecule has 1 aromatic heterocycles. The molecule has 0 aliphatic carbocycles. The predicted molar refractivity (Wildman–Crippen MR) is 81.2 cm³/mol. The van der Waals surface area contributed by atoms with Crippen molar-refractivity contribution in [1.82, 2.24) is 5.32 Å². The highest BCUT2D eigenvalue weighted by atomic mass is 32.1. The quantitative estimate of drug-likeness (QED) is 0.408. The maximum Gasteiger partial charge on any atom is 0.460 e. The second-order valence-corrected chi connectivity index (χ2v) is 6.97. The fraction of sp³-hybridized carbons (Fsp3) is 0.667. The van der Waals surface area contributed by atoms with Crippen LogP contribution >= 0.6 is 11.3 Å². The molecule has 0 bridgehead atoms. The molecule has 1 unspecified atom stereocenters. The van der Waals surface area contributed by atoms with E-state index in [1.54, 1.807) is 5.32 Å². The van der Waals surface area contributed by atoms with Crippen molar-refractivity contribution in [2.24, 2.45) is 0 Å². The predicted octanol–water partition coefficient (Wildman–Crippen LogP) is 6.10. The molecule has 0 aromatic carbocycles. The molecule has 0 saturated heterocycles. The van der Waals surface area contributed by atoms with Crippen LogP contribution in [0.3, 0.4) is 0 Å². The third-order valence-corrected chi connectivity index (χ3v) is 4.87. The van der Waals surface area contributed by atoms with Crippen molar-refractivity contribution in [2.75, 3.05) is 6.54 Å². The summed E-state index contributed by atoms with van der Waals surface area (Å²) in [6.45, 7) is -0.362. The fourth-order valence-corrected chi connectivity index (χ4v) is 2.98. The first kappa shape index (κ1) is 27.3. The molecule has 0 fully saturated rings. The van der Waals surface area contributed by atoms with E-state index in [4.69, 9.17) is 0 Å². The van der Waals surface area contributed by atoms with Crippen LogP contribution in [-0.4, -0.2) is 48.2 Å². The summed E-state index contributed by atoms with van der Waals surface area (Å²) in [5, 5.41) is 3.30. The zero-order valence-electron chi connectivity index (χ0n) is 15.0. The maximum absolute atomic E-state index is 14.5. The van der Waals surface area contributed by atoms with Gasteiger partial charge in [0.15, 0.2) is 0 Å². The molecular weight excluding hydrogens is 489 g/mol. The van der Waals surface area contributed by atoms with E-state index in [-0.39, 0.29) is 0 Å². The van der Waals surface area contributed by atoms with Gasteiger partial charge in [-0.1, -0.05) is 6.92 Å². The smallest absolute Gasteiger partial charge is 0.355 e. The van der Waals surface area contributed by atoms with Crippen LogP contribution in [0.25, 0.3) is 0 Å². The Kier molecular flexibility index (Phi) is 7.32. The Hall–Kier alpha value is -1.74. The van der Waals surface area contributed by atoms with Crippen LogP contribution in [0.2, 0.25) is 0 Å².